The van der Waals surface area contributed by atoms with Gasteiger partial charge in [0.2, 0.25) is 5.89 Å². The molecule has 2 unspecified atom stereocenters. The molecular weight excluding hydrogens is 226 g/mol. The van der Waals surface area contributed by atoms with Gasteiger partial charge in [0, 0.05) is 18.4 Å². The number of hydrogen-bond donors (Lipinski definition) is 1. The van der Waals surface area contributed by atoms with Crippen molar-refractivity contribution in [2.24, 2.45) is 5.41 Å². The first-order valence-corrected chi connectivity index (χ1v) is 7.09. The third-order valence-electron chi connectivity index (χ3n) is 3.84. The fraction of sp³-hybridized carbons (Fsp3) is 0.857. The van der Waals surface area contributed by atoms with Crippen LogP contribution in [0.25, 0.3) is 0 Å². The summed E-state index contributed by atoms with van der Waals surface area (Å²) in [6.45, 7) is 9.97. The molecule has 102 valence electrons. The highest BCUT2D eigenvalue weighted by molar-refractivity contribution is 5.14. The van der Waals surface area contributed by atoms with E-state index in [-0.39, 0.29) is 0 Å². The molecule has 1 fully saturated rings. The molecule has 1 aliphatic rings. The van der Waals surface area contributed by atoms with E-state index in [0.29, 0.717) is 17.4 Å². The van der Waals surface area contributed by atoms with Gasteiger partial charge in [0.15, 0.2) is 5.82 Å². The maximum absolute atomic E-state index is 5.33. The first-order valence-electron chi connectivity index (χ1n) is 7.09. The minimum Gasteiger partial charge on any atom is -0.339 e. The molecule has 18 heavy (non-hydrogen) atoms. The molecule has 0 bridgehead atoms. The van der Waals surface area contributed by atoms with E-state index in [1.807, 2.05) is 0 Å². The van der Waals surface area contributed by atoms with Gasteiger partial charge in [-0.05, 0) is 38.1 Å². The Bertz CT molecular complexity index is 386. The van der Waals surface area contributed by atoms with Crippen molar-refractivity contribution in [3.05, 3.63) is 11.7 Å². The molecule has 0 saturated heterocycles. The molecule has 0 aromatic carbocycles. The van der Waals surface area contributed by atoms with Gasteiger partial charge in [-0.3, -0.25) is 0 Å². The van der Waals surface area contributed by atoms with Gasteiger partial charge < -0.3 is 9.84 Å². The first kappa shape index (κ1) is 13.5. The summed E-state index contributed by atoms with van der Waals surface area (Å²) in [5.74, 6) is 2.20. The lowest BCUT2D eigenvalue weighted by atomic mass is 10.1. The lowest BCUT2D eigenvalue weighted by molar-refractivity contribution is 0.361. The summed E-state index contributed by atoms with van der Waals surface area (Å²) in [4.78, 5) is 4.51. The van der Waals surface area contributed by atoms with Crippen molar-refractivity contribution in [2.45, 2.75) is 65.3 Å². The zero-order chi connectivity index (χ0) is 13.2. The van der Waals surface area contributed by atoms with E-state index >= 15 is 0 Å². The van der Waals surface area contributed by atoms with Crippen molar-refractivity contribution in [1.29, 1.82) is 0 Å². The molecular formula is C14H25N3O. The molecule has 2 atom stereocenters. The van der Waals surface area contributed by atoms with Gasteiger partial charge in [0.25, 0.3) is 0 Å². The van der Waals surface area contributed by atoms with Crippen molar-refractivity contribution in [3.63, 3.8) is 0 Å². The Kier molecular flexibility index (Phi) is 4.05. The fourth-order valence-electron chi connectivity index (χ4n) is 2.25. The molecule has 1 heterocycles. The van der Waals surface area contributed by atoms with Crippen LogP contribution in [-0.2, 0) is 6.42 Å². The van der Waals surface area contributed by atoms with Gasteiger partial charge in [0.1, 0.15) is 0 Å². The van der Waals surface area contributed by atoms with Crippen LogP contribution in [0, 0.1) is 5.41 Å². The third-order valence-corrected chi connectivity index (χ3v) is 3.84. The molecule has 0 radical (unpaired) electrons. The minimum atomic E-state index is 0.372. The first-order chi connectivity index (χ1) is 8.53. The average molecular weight is 251 g/mol. The number of rotatable bonds is 7. The Morgan fingerprint density at radius 2 is 2.22 bits per heavy atom. The summed E-state index contributed by atoms with van der Waals surface area (Å²) in [5.41, 5.74) is 0.372. The predicted octanol–water partition coefficient (Wildman–Crippen LogP) is 2.90. The average Bonchev–Trinajstić information content (AvgIpc) is 2.78. The van der Waals surface area contributed by atoms with Crippen molar-refractivity contribution >= 4 is 0 Å². The summed E-state index contributed by atoms with van der Waals surface area (Å²) in [5, 5.41) is 7.58. The maximum Gasteiger partial charge on any atom is 0.226 e. The number of aromatic nitrogens is 2. The topological polar surface area (TPSA) is 51.0 Å². The van der Waals surface area contributed by atoms with Crippen molar-refractivity contribution in [1.82, 2.24) is 15.5 Å². The van der Waals surface area contributed by atoms with E-state index in [2.05, 4.69) is 43.2 Å². The largest absolute Gasteiger partial charge is 0.339 e. The quantitative estimate of drug-likeness (QED) is 0.809. The second-order valence-corrected chi connectivity index (χ2v) is 6.19. The molecule has 4 nitrogen and oxygen atoms in total. The summed E-state index contributed by atoms with van der Waals surface area (Å²) in [6, 6.07) is 0.512. The second kappa shape index (κ2) is 5.39. The Hall–Kier alpha value is -0.900. The molecule has 1 N–H and O–H groups in total. The van der Waals surface area contributed by atoms with Crippen LogP contribution in [0.5, 0.6) is 0 Å². The van der Waals surface area contributed by atoms with Gasteiger partial charge in [-0.15, -0.1) is 0 Å². The zero-order valence-electron chi connectivity index (χ0n) is 12.0. The van der Waals surface area contributed by atoms with Crippen molar-refractivity contribution in [2.75, 3.05) is 6.54 Å². The van der Waals surface area contributed by atoms with Gasteiger partial charge >= 0.3 is 0 Å². The molecule has 1 aromatic heterocycles. The highest BCUT2D eigenvalue weighted by Crippen LogP contribution is 2.57. The minimum absolute atomic E-state index is 0.372. The summed E-state index contributed by atoms with van der Waals surface area (Å²) in [6.07, 6.45) is 4.28. The van der Waals surface area contributed by atoms with Crippen LogP contribution in [0.4, 0.5) is 0 Å². The molecule has 0 aliphatic heterocycles. The van der Waals surface area contributed by atoms with Crippen LogP contribution in [-0.4, -0.2) is 22.7 Å². The second-order valence-electron chi connectivity index (χ2n) is 6.19. The Balaban J connectivity index is 1.77. The summed E-state index contributed by atoms with van der Waals surface area (Å²) >= 11 is 0. The molecule has 1 saturated carbocycles. The van der Waals surface area contributed by atoms with E-state index in [0.717, 1.165) is 31.1 Å². The van der Waals surface area contributed by atoms with Crippen LogP contribution in [0.1, 0.15) is 64.6 Å². The fourth-order valence-corrected chi connectivity index (χ4v) is 2.25. The number of hydrogen-bond acceptors (Lipinski definition) is 4. The van der Waals surface area contributed by atoms with E-state index < -0.39 is 0 Å². The van der Waals surface area contributed by atoms with E-state index in [4.69, 9.17) is 4.52 Å². The Labute approximate surface area is 110 Å². The van der Waals surface area contributed by atoms with Crippen LogP contribution in [0.3, 0.4) is 0 Å². The summed E-state index contributed by atoms with van der Waals surface area (Å²) in [7, 11) is 0. The maximum atomic E-state index is 5.33. The molecule has 2 rings (SSSR count). The molecule has 4 heteroatoms. The number of nitrogens with one attached hydrogen (secondary N) is 1. The zero-order valence-corrected chi connectivity index (χ0v) is 12.0. The van der Waals surface area contributed by atoms with Gasteiger partial charge in [-0.25, -0.2) is 0 Å². The Morgan fingerprint density at radius 3 is 2.83 bits per heavy atom. The molecule has 1 aliphatic carbocycles. The predicted molar refractivity (Wildman–Crippen MR) is 71.5 cm³/mol. The molecule has 0 spiro atoms. The van der Waals surface area contributed by atoms with Gasteiger partial charge in [0.05, 0.1) is 0 Å². The van der Waals surface area contributed by atoms with Gasteiger partial charge in [-0.2, -0.15) is 4.98 Å². The monoisotopic (exact) mass is 251 g/mol. The van der Waals surface area contributed by atoms with Crippen molar-refractivity contribution < 1.29 is 4.52 Å². The van der Waals surface area contributed by atoms with Crippen LogP contribution >= 0.6 is 0 Å². The third kappa shape index (κ3) is 3.31. The highest BCUT2D eigenvalue weighted by Gasteiger charge is 2.49. The SMILES string of the molecule is CCCNC(C)CCc1nc(C2CC2(C)C)no1. The molecule has 1 aromatic rings. The summed E-state index contributed by atoms with van der Waals surface area (Å²) < 4.78 is 5.33. The Morgan fingerprint density at radius 1 is 1.50 bits per heavy atom. The number of nitrogens with zero attached hydrogens (tertiary/aromatic N) is 2. The van der Waals surface area contributed by atoms with E-state index in [1.165, 1.54) is 12.8 Å². The van der Waals surface area contributed by atoms with Crippen molar-refractivity contribution in [3.8, 4) is 0 Å². The number of aryl methyl sites for hydroxylation is 1. The van der Waals surface area contributed by atoms with Crippen LogP contribution in [0.2, 0.25) is 0 Å². The van der Waals surface area contributed by atoms with Crippen LogP contribution in [0.15, 0.2) is 4.52 Å². The molecule has 0 amide bonds. The van der Waals surface area contributed by atoms with Gasteiger partial charge in [-0.1, -0.05) is 25.9 Å². The lowest BCUT2D eigenvalue weighted by Crippen LogP contribution is -2.27. The lowest BCUT2D eigenvalue weighted by Gasteiger charge is -2.10. The smallest absolute Gasteiger partial charge is 0.226 e. The van der Waals surface area contributed by atoms with E-state index in [9.17, 15) is 0 Å². The van der Waals surface area contributed by atoms with Crippen LogP contribution < -0.4 is 5.32 Å². The highest BCUT2D eigenvalue weighted by atomic mass is 16.5. The standard InChI is InChI=1S/C14H25N3O/c1-5-8-15-10(2)6-7-12-16-13(17-18-12)11-9-14(11,3)4/h10-11,15H,5-9H2,1-4H3. The normalized spacial score (nSPS) is 23.0. The van der Waals surface area contributed by atoms with E-state index in [1.54, 1.807) is 0 Å².